The number of hydrogen-bond acceptors (Lipinski definition) is 4. The summed E-state index contributed by atoms with van der Waals surface area (Å²) < 4.78 is 42.8. The molecule has 2 N–H and O–H groups in total. The number of carbonyl (C=O) groups is 2. The maximum absolute atomic E-state index is 13.7. The van der Waals surface area contributed by atoms with Gasteiger partial charge < -0.3 is 15.2 Å². The van der Waals surface area contributed by atoms with Crippen molar-refractivity contribution in [1.29, 1.82) is 0 Å². The lowest BCUT2D eigenvalue weighted by Gasteiger charge is -2.33. The van der Waals surface area contributed by atoms with E-state index in [-0.39, 0.29) is 30.5 Å². The van der Waals surface area contributed by atoms with Crippen molar-refractivity contribution in [3.63, 3.8) is 0 Å². The summed E-state index contributed by atoms with van der Waals surface area (Å²) in [6.07, 6.45) is -5.31. The number of hydrogen-bond donors (Lipinski definition) is 2. The van der Waals surface area contributed by atoms with Crippen molar-refractivity contribution in [1.82, 2.24) is 19.8 Å². The fourth-order valence-corrected chi connectivity index (χ4v) is 5.82. The number of aryl methyl sites for hydroxylation is 1. The number of anilines is 1. The highest BCUT2D eigenvalue weighted by Gasteiger charge is 2.40. The third kappa shape index (κ3) is 5.64. The van der Waals surface area contributed by atoms with Gasteiger partial charge in [-0.3, -0.25) is 14.3 Å². The molecule has 1 aromatic heterocycles. The summed E-state index contributed by atoms with van der Waals surface area (Å²) in [7, 11) is 0. The van der Waals surface area contributed by atoms with Crippen LogP contribution in [0.1, 0.15) is 35.6 Å². The summed E-state index contributed by atoms with van der Waals surface area (Å²) in [6, 6.07) is 20.0. The van der Waals surface area contributed by atoms with Gasteiger partial charge in [-0.25, -0.2) is 14.6 Å². The average molecular weight is 591 g/mol. The van der Waals surface area contributed by atoms with Crippen LogP contribution in [0, 0.1) is 6.92 Å². The number of para-hydroxylation sites is 1. The van der Waals surface area contributed by atoms with Crippen LogP contribution in [0.5, 0.6) is 0 Å². The van der Waals surface area contributed by atoms with Gasteiger partial charge in [0, 0.05) is 30.3 Å². The van der Waals surface area contributed by atoms with Crippen molar-refractivity contribution in [2.24, 2.45) is 4.99 Å². The average Bonchev–Trinajstić information content (AvgIpc) is 3.27. The van der Waals surface area contributed by atoms with E-state index in [1.54, 1.807) is 53.1 Å². The first-order valence-electron chi connectivity index (χ1n) is 14.0. The smallest absolute Gasteiger partial charge is 0.325 e. The van der Waals surface area contributed by atoms with E-state index in [4.69, 9.17) is 0 Å². The number of nitrogens with one attached hydrogen (secondary N) is 2. The molecule has 3 heterocycles. The number of amides is 3. The summed E-state index contributed by atoms with van der Waals surface area (Å²) in [5, 5.41) is 2.59. The van der Waals surface area contributed by atoms with Gasteiger partial charge in [0.15, 0.2) is 0 Å². The first-order chi connectivity index (χ1) is 20.6. The number of aliphatic imine (C=N–C) groups is 1. The number of H-pyrrole nitrogens is 1. The van der Waals surface area contributed by atoms with Crippen LogP contribution in [0.25, 0.3) is 11.0 Å². The van der Waals surface area contributed by atoms with Gasteiger partial charge in [-0.2, -0.15) is 13.2 Å². The molecule has 0 unspecified atom stereocenters. The van der Waals surface area contributed by atoms with Gasteiger partial charge >= 0.3 is 17.9 Å². The van der Waals surface area contributed by atoms with Gasteiger partial charge in [-0.05, 0) is 43.5 Å². The summed E-state index contributed by atoms with van der Waals surface area (Å²) in [4.78, 5) is 49.3. The molecule has 12 heteroatoms. The molecule has 0 spiro atoms. The third-order valence-electron chi connectivity index (χ3n) is 7.84. The highest BCUT2D eigenvalue weighted by Crippen LogP contribution is 2.31. The number of likely N-dealkylation sites (tertiary alicyclic amines) is 1. The predicted octanol–water partition coefficient (Wildman–Crippen LogP) is 4.76. The van der Waals surface area contributed by atoms with Gasteiger partial charge in [0.25, 0.3) is 5.91 Å². The minimum Gasteiger partial charge on any atom is -0.325 e. The second-order valence-corrected chi connectivity index (χ2v) is 10.8. The van der Waals surface area contributed by atoms with E-state index >= 15 is 0 Å². The largest absolute Gasteiger partial charge is 0.406 e. The van der Waals surface area contributed by atoms with Crippen molar-refractivity contribution < 1.29 is 22.8 Å². The number of alkyl halides is 3. The predicted molar refractivity (Wildman–Crippen MR) is 156 cm³/mol. The Morgan fingerprint density at radius 2 is 1.70 bits per heavy atom. The number of rotatable bonds is 4. The number of fused-ring (bicyclic) bond motifs is 2. The van der Waals surface area contributed by atoms with E-state index < -0.39 is 30.8 Å². The molecule has 0 radical (unpaired) electrons. The Kier molecular flexibility index (Phi) is 7.28. The molecule has 3 aromatic carbocycles. The monoisotopic (exact) mass is 590 g/mol. The number of piperidine rings is 1. The molecule has 222 valence electrons. The van der Waals surface area contributed by atoms with Gasteiger partial charge in [0.1, 0.15) is 6.54 Å². The van der Waals surface area contributed by atoms with Crippen LogP contribution in [-0.4, -0.2) is 64.1 Å². The Morgan fingerprint density at radius 3 is 2.42 bits per heavy atom. The molecular formula is C31H29F3N6O3. The number of urea groups is 1. The molecule has 1 saturated heterocycles. The Bertz CT molecular complexity index is 1770. The van der Waals surface area contributed by atoms with Crippen molar-refractivity contribution in [2.75, 3.05) is 24.5 Å². The van der Waals surface area contributed by atoms with E-state index in [2.05, 4.69) is 15.3 Å². The molecule has 0 aliphatic carbocycles. The molecule has 1 fully saturated rings. The van der Waals surface area contributed by atoms with Gasteiger partial charge in [0.05, 0.1) is 22.4 Å². The molecule has 6 rings (SSSR count). The van der Waals surface area contributed by atoms with Gasteiger partial charge in [0.2, 0.25) is 6.17 Å². The summed E-state index contributed by atoms with van der Waals surface area (Å²) in [5.74, 6) is -0.986. The zero-order chi connectivity index (χ0) is 30.3. The Hall–Kier alpha value is -4.87. The molecule has 43 heavy (non-hydrogen) atoms. The molecule has 1 atom stereocenters. The maximum Gasteiger partial charge on any atom is 0.406 e. The number of benzene rings is 3. The van der Waals surface area contributed by atoms with Crippen LogP contribution in [-0.2, 0) is 4.79 Å². The second-order valence-electron chi connectivity index (χ2n) is 10.8. The van der Waals surface area contributed by atoms with Crippen molar-refractivity contribution in [2.45, 2.75) is 38.1 Å². The summed E-state index contributed by atoms with van der Waals surface area (Å²) in [6.45, 7) is 0.980. The zero-order valence-electron chi connectivity index (χ0n) is 23.3. The second kappa shape index (κ2) is 11.1. The Balaban J connectivity index is 1.26. The van der Waals surface area contributed by atoms with Crippen molar-refractivity contribution in [3.8, 4) is 0 Å². The van der Waals surface area contributed by atoms with Crippen LogP contribution >= 0.6 is 0 Å². The van der Waals surface area contributed by atoms with Crippen LogP contribution in [0.3, 0.4) is 0 Å². The molecule has 0 saturated carbocycles. The molecule has 2 aliphatic heterocycles. The van der Waals surface area contributed by atoms with E-state index in [1.165, 1.54) is 11.0 Å². The minimum atomic E-state index is -4.69. The molecular weight excluding hydrogens is 561 g/mol. The number of aromatic nitrogens is 2. The van der Waals surface area contributed by atoms with Crippen molar-refractivity contribution in [3.05, 3.63) is 100.0 Å². The fourth-order valence-electron chi connectivity index (χ4n) is 5.82. The normalized spacial score (nSPS) is 17.9. The van der Waals surface area contributed by atoms with Gasteiger partial charge in [-0.1, -0.05) is 54.6 Å². The lowest BCUT2D eigenvalue weighted by Crippen LogP contribution is -2.54. The van der Waals surface area contributed by atoms with E-state index in [0.717, 1.165) is 16.6 Å². The summed E-state index contributed by atoms with van der Waals surface area (Å²) in [5.41, 5.74) is 3.63. The third-order valence-corrected chi connectivity index (χ3v) is 7.84. The van der Waals surface area contributed by atoms with Crippen LogP contribution in [0.15, 0.2) is 82.6 Å². The number of halogens is 3. The number of aromatic amines is 1. The molecule has 9 nitrogen and oxygen atoms in total. The van der Waals surface area contributed by atoms with E-state index in [9.17, 15) is 27.6 Å². The lowest BCUT2D eigenvalue weighted by atomic mass is 10.0. The highest BCUT2D eigenvalue weighted by molar-refractivity contribution is 6.20. The topological polar surface area (TPSA) is 103 Å². The van der Waals surface area contributed by atoms with E-state index in [0.29, 0.717) is 34.6 Å². The SMILES string of the molecule is Cc1ccc2[nH]c(=O)n(C3CCN(C(=O)N[C@@H]4N=C(c5ccccc5)c5ccccc5N(CC(F)(F)F)C4=O)CC3)c2c1. The first kappa shape index (κ1) is 28.3. The van der Waals surface area contributed by atoms with Crippen molar-refractivity contribution >= 4 is 34.4 Å². The molecule has 4 aromatic rings. The van der Waals surface area contributed by atoms with Gasteiger partial charge in [-0.15, -0.1) is 0 Å². The highest BCUT2D eigenvalue weighted by atomic mass is 19.4. The van der Waals surface area contributed by atoms with Crippen LogP contribution in [0.2, 0.25) is 0 Å². The quantitative estimate of drug-likeness (QED) is 0.359. The minimum absolute atomic E-state index is 0.0596. The molecule has 2 aliphatic rings. The number of carbonyl (C=O) groups excluding carboxylic acids is 2. The number of benzodiazepines with no additional fused rings is 1. The van der Waals surface area contributed by atoms with E-state index in [1.807, 2.05) is 25.1 Å². The standard InChI is InChI=1S/C31H29F3N6O3/c1-19-11-12-23-25(17-19)40(30(43)35-23)21-13-15-38(16-14-21)29(42)37-27-28(41)39(18-31(32,33)34)24-10-6-5-9-22(24)26(36-27)20-7-3-2-4-8-20/h2-12,17,21,27H,13-16,18H2,1H3,(H,35,43)(H,37,42)/t27-/m0/s1. The van der Waals surface area contributed by atoms with Crippen LogP contribution in [0.4, 0.5) is 23.7 Å². The Labute approximate surface area is 244 Å². The zero-order valence-corrected chi connectivity index (χ0v) is 23.3. The summed E-state index contributed by atoms with van der Waals surface area (Å²) >= 11 is 0. The fraction of sp³-hybridized carbons (Fsp3) is 0.290. The number of nitrogens with zero attached hydrogens (tertiary/aromatic N) is 4. The maximum atomic E-state index is 13.7. The lowest BCUT2D eigenvalue weighted by molar-refractivity contribution is -0.133. The molecule has 0 bridgehead atoms. The molecule has 3 amide bonds. The first-order valence-corrected chi connectivity index (χ1v) is 14.0. The number of imidazole rings is 1. The van der Waals surface area contributed by atoms with Crippen LogP contribution < -0.4 is 15.9 Å². The Morgan fingerprint density at radius 1 is 1.00 bits per heavy atom.